The van der Waals surface area contributed by atoms with Gasteiger partial charge in [0.2, 0.25) is 5.91 Å². The number of nitrogens with one attached hydrogen (secondary N) is 2. The molecule has 2 amide bonds. The Bertz CT molecular complexity index is 984. The predicted molar refractivity (Wildman–Crippen MR) is 129 cm³/mol. The number of halogens is 3. The molecular formula is C24H31F3N4O3S. The van der Waals surface area contributed by atoms with Crippen molar-refractivity contribution in [1.29, 1.82) is 0 Å². The molecule has 0 aromatic heterocycles. The van der Waals surface area contributed by atoms with Gasteiger partial charge in [-0.2, -0.15) is 13.2 Å². The molecule has 1 saturated heterocycles. The summed E-state index contributed by atoms with van der Waals surface area (Å²) in [5.41, 5.74) is 3.51. The molecule has 1 aliphatic carbocycles. The number of allylic oxidation sites excluding steroid dienone is 1. The van der Waals surface area contributed by atoms with Gasteiger partial charge in [-0.05, 0) is 50.8 Å². The first-order valence-electron chi connectivity index (χ1n) is 11.4. The van der Waals surface area contributed by atoms with Crippen molar-refractivity contribution in [2.24, 2.45) is 5.73 Å². The molecule has 3 rings (SSSR count). The predicted octanol–water partition coefficient (Wildman–Crippen LogP) is 2.98. The summed E-state index contributed by atoms with van der Waals surface area (Å²) in [5, 5.41) is 16.1. The topological polar surface area (TPSA) is 108 Å². The molecule has 11 heteroatoms. The second kappa shape index (κ2) is 11.0. The number of nitrogens with zero attached hydrogens (tertiary/aromatic N) is 1. The van der Waals surface area contributed by atoms with Gasteiger partial charge in [0.1, 0.15) is 0 Å². The average molecular weight is 513 g/mol. The van der Waals surface area contributed by atoms with Gasteiger partial charge in [0, 0.05) is 40.7 Å². The first-order valence-corrected chi connectivity index (χ1v) is 12.2. The molecule has 1 heterocycles. The van der Waals surface area contributed by atoms with E-state index in [0.717, 1.165) is 35.9 Å². The Hall–Kier alpha value is -2.50. The number of likely N-dealkylation sites (tertiary alicyclic amines) is 1. The van der Waals surface area contributed by atoms with Crippen LogP contribution in [0.25, 0.3) is 0 Å². The summed E-state index contributed by atoms with van der Waals surface area (Å²) < 4.78 is 38.4. The average Bonchev–Trinajstić information content (AvgIpc) is 2.79. The normalized spacial score (nSPS) is 23.9. The Kier molecular flexibility index (Phi) is 8.55. The van der Waals surface area contributed by atoms with Gasteiger partial charge in [-0.3, -0.25) is 14.5 Å². The fourth-order valence-corrected chi connectivity index (χ4v) is 5.18. The molecule has 0 bridgehead atoms. The SMILES string of the molecule is C=C(S/C(C)=C\N)[C@]1(O)CC[C@H](N2CC(NC(=O)CNC(=O)c3cccc(C(F)(F)F)c3)C2)CC1. The van der Waals surface area contributed by atoms with Gasteiger partial charge in [-0.1, -0.05) is 24.4 Å². The van der Waals surface area contributed by atoms with Gasteiger partial charge in [0.15, 0.2) is 0 Å². The van der Waals surface area contributed by atoms with Crippen molar-refractivity contribution in [3.8, 4) is 0 Å². The zero-order chi connectivity index (χ0) is 25.8. The minimum absolute atomic E-state index is 0.0587. The van der Waals surface area contributed by atoms with E-state index in [1.807, 2.05) is 6.92 Å². The van der Waals surface area contributed by atoms with E-state index in [1.165, 1.54) is 24.0 Å². The summed E-state index contributed by atoms with van der Waals surface area (Å²) in [6, 6.07) is 4.31. The van der Waals surface area contributed by atoms with Crippen molar-refractivity contribution < 1.29 is 27.9 Å². The molecule has 2 fully saturated rings. The first kappa shape index (κ1) is 27.1. The number of carbonyl (C=O) groups is 2. The van der Waals surface area contributed by atoms with Crippen molar-refractivity contribution in [1.82, 2.24) is 15.5 Å². The molecule has 35 heavy (non-hydrogen) atoms. The van der Waals surface area contributed by atoms with E-state index in [1.54, 1.807) is 0 Å². The van der Waals surface area contributed by atoms with Gasteiger partial charge in [0.05, 0.1) is 23.8 Å². The van der Waals surface area contributed by atoms with Gasteiger partial charge in [-0.25, -0.2) is 0 Å². The number of alkyl halides is 3. The molecule has 0 spiro atoms. The molecule has 0 unspecified atom stereocenters. The summed E-state index contributed by atoms with van der Waals surface area (Å²) >= 11 is 1.40. The molecular weight excluding hydrogens is 481 g/mol. The Balaban J connectivity index is 1.37. The Morgan fingerprint density at radius 1 is 1.31 bits per heavy atom. The summed E-state index contributed by atoms with van der Waals surface area (Å²) in [4.78, 5) is 28.2. The van der Waals surface area contributed by atoms with E-state index in [0.29, 0.717) is 36.9 Å². The Morgan fingerprint density at radius 3 is 2.57 bits per heavy atom. The molecule has 192 valence electrons. The summed E-state index contributed by atoms with van der Waals surface area (Å²) in [6.45, 7) is 6.91. The highest BCUT2D eigenvalue weighted by Gasteiger charge is 2.41. The van der Waals surface area contributed by atoms with E-state index in [2.05, 4.69) is 22.1 Å². The van der Waals surface area contributed by atoms with Crippen LogP contribution < -0.4 is 16.4 Å². The van der Waals surface area contributed by atoms with Crippen LogP contribution in [0.15, 0.2) is 46.9 Å². The molecule has 0 radical (unpaired) electrons. The maximum Gasteiger partial charge on any atom is 0.416 e. The van der Waals surface area contributed by atoms with E-state index < -0.39 is 29.2 Å². The van der Waals surface area contributed by atoms with Crippen LogP contribution in [0.1, 0.15) is 48.5 Å². The lowest BCUT2D eigenvalue weighted by molar-refractivity contribution is -0.137. The number of hydrogen-bond donors (Lipinski definition) is 4. The second-order valence-electron chi connectivity index (χ2n) is 9.04. The van der Waals surface area contributed by atoms with Gasteiger partial charge >= 0.3 is 6.18 Å². The molecule has 1 aromatic rings. The van der Waals surface area contributed by atoms with Crippen LogP contribution >= 0.6 is 11.8 Å². The number of aliphatic hydroxyl groups is 1. The van der Waals surface area contributed by atoms with E-state index >= 15 is 0 Å². The smallest absolute Gasteiger partial charge is 0.404 e. The van der Waals surface area contributed by atoms with Gasteiger partial charge in [-0.15, -0.1) is 0 Å². The molecule has 1 aromatic carbocycles. The lowest BCUT2D eigenvalue weighted by Crippen LogP contribution is -2.63. The standard InChI is InChI=1S/C24H31F3N4O3S/c1-15(11-28)35-16(2)23(34)8-6-20(7-9-23)31-13-19(14-31)30-21(32)12-29-22(33)17-4-3-5-18(10-17)24(25,26)27/h3-5,10-11,19-20,34H,2,6-9,12-14,28H2,1H3,(H,29,33)(H,30,32)/b15-11-/t20-,23-. The van der Waals surface area contributed by atoms with Gasteiger partial charge < -0.3 is 21.5 Å². The molecule has 5 N–H and O–H groups in total. The number of benzene rings is 1. The molecule has 1 saturated carbocycles. The fourth-order valence-electron chi connectivity index (χ4n) is 4.33. The largest absolute Gasteiger partial charge is 0.416 e. The van der Waals surface area contributed by atoms with Crippen molar-refractivity contribution in [3.63, 3.8) is 0 Å². The maximum absolute atomic E-state index is 12.8. The third kappa shape index (κ3) is 7.02. The molecule has 0 atom stereocenters. The third-order valence-corrected chi connectivity index (χ3v) is 7.56. The lowest BCUT2D eigenvalue weighted by atomic mass is 9.80. The van der Waals surface area contributed by atoms with Crippen LogP contribution in [0.5, 0.6) is 0 Å². The van der Waals surface area contributed by atoms with Crippen LogP contribution in [0.3, 0.4) is 0 Å². The summed E-state index contributed by atoms with van der Waals surface area (Å²) in [6.07, 6.45) is -0.206. The minimum Gasteiger partial charge on any atom is -0.404 e. The highest BCUT2D eigenvalue weighted by Crippen LogP contribution is 2.42. The summed E-state index contributed by atoms with van der Waals surface area (Å²) in [5.74, 6) is -1.14. The van der Waals surface area contributed by atoms with Gasteiger partial charge in [0.25, 0.3) is 5.91 Å². The van der Waals surface area contributed by atoms with Crippen LogP contribution in [0, 0.1) is 0 Å². The fraction of sp³-hybridized carbons (Fsp3) is 0.500. The minimum atomic E-state index is -4.55. The molecule has 2 aliphatic rings. The summed E-state index contributed by atoms with van der Waals surface area (Å²) in [7, 11) is 0. The van der Waals surface area contributed by atoms with Crippen LogP contribution in [-0.2, 0) is 11.0 Å². The van der Waals surface area contributed by atoms with E-state index in [-0.39, 0.29) is 18.2 Å². The highest BCUT2D eigenvalue weighted by molar-refractivity contribution is 8.06. The van der Waals surface area contributed by atoms with Crippen LogP contribution in [0.2, 0.25) is 0 Å². The van der Waals surface area contributed by atoms with E-state index in [9.17, 15) is 27.9 Å². The zero-order valence-electron chi connectivity index (χ0n) is 19.5. The van der Waals surface area contributed by atoms with Crippen molar-refractivity contribution in [3.05, 3.63) is 58.0 Å². The Morgan fingerprint density at radius 2 is 1.97 bits per heavy atom. The second-order valence-corrected chi connectivity index (χ2v) is 10.4. The molecule has 1 aliphatic heterocycles. The number of amides is 2. The monoisotopic (exact) mass is 512 g/mol. The number of carbonyl (C=O) groups excluding carboxylic acids is 2. The number of thioether (sulfide) groups is 1. The van der Waals surface area contributed by atoms with Crippen molar-refractivity contribution >= 4 is 23.6 Å². The quantitative estimate of drug-likeness (QED) is 0.427. The number of rotatable bonds is 8. The number of nitrogens with two attached hydrogens (primary N) is 1. The van der Waals surface area contributed by atoms with Crippen molar-refractivity contribution in [2.75, 3.05) is 19.6 Å². The van der Waals surface area contributed by atoms with Crippen molar-refractivity contribution in [2.45, 2.75) is 56.5 Å². The van der Waals surface area contributed by atoms with Crippen LogP contribution in [-0.4, -0.2) is 59.1 Å². The van der Waals surface area contributed by atoms with Crippen LogP contribution in [0.4, 0.5) is 13.2 Å². The third-order valence-electron chi connectivity index (χ3n) is 6.47. The Labute approximate surface area is 207 Å². The maximum atomic E-state index is 12.8. The van der Waals surface area contributed by atoms with E-state index in [4.69, 9.17) is 5.73 Å². The highest BCUT2D eigenvalue weighted by atomic mass is 32.2. The zero-order valence-corrected chi connectivity index (χ0v) is 20.3. The lowest BCUT2D eigenvalue weighted by Gasteiger charge is -2.48. The molecule has 7 nitrogen and oxygen atoms in total. The number of hydrogen-bond acceptors (Lipinski definition) is 6. The first-order chi connectivity index (χ1) is 16.4.